The van der Waals surface area contributed by atoms with Gasteiger partial charge in [0.25, 0.3) is 0 Å². The maximum atomic E-state index is 12.8. The van der Waals surface area contributed by atoms with Gasteiger partial charge in [-0.05, 0) is 65.7 Å². The van der Waals surface area contributed by atoms with Crippen LogP contribution in [0, 0.1) is 17.8 Å². The maximum absolute atomic E-state index is 12.8. The Hall–Kier alpha value is -0.410. The molecule has 2 saturated carbocycles. The first kappa shape index (κ1) is 21.3. The van der Waals surface area contributed by atoms with Crippen LogP contribution in [0.15, 0.2) is 0 Å². The standard InChI is InChI=1S/C20H31INO5/c1-11(21)17(23)27-16-8-12-6-13(16)7-15(12)18(24)26-14-9-19(2,3)22(25)20(4,5)10-14/h11-16H,6-10H2,1-5H3. The number of hydroxylamine groups is 2. The summed E-state index contributed by atoms with van der Waals surface area (Å²) in [5.41, 5.74) is -1.09. The molecule has 1 heterocycles. The highest BCUT2D eigenvalue weighted by atomic mass is 127. The van der Waals surface area contributed by atoms with Gasteiger partial charge in [0.1, 0.15) is 16.1 Å². The Balaban J connectivity index is 1.56. The van der Waals surface area contributed by atoms with Crippen molar-refractivity contribution in [2.24, 2.45) is 17.8 Å². The SMILES string of the molecule is CC(I)C(=O)OC1CC2CC1CC2C(=O)OC1CC(C)(C)N([O])C(C)(C)C1. The number of hydrogen-bond donors (Lipinski definition) is 0. The number of carbonyl (C=O) groups is 2. The van der Waals surface area contributed by atoms with Crippen molar-refractivity contribution in [2.75, 3.05) is 0 Å². The summed E-state index contributed by atoms with van der Waals surface area (Å²) in [6.45, 7) is 9.46. The van der Waals surface area contributed by atoms with Crippen molar-refractivity contribution in [1.29, 1.82) is 0 Å². The molecule has 1 saturated heterocycles. The van der Waals surface area contributed by atoms with E-state index in [1.165, 1.54) is 0 Å². The molecule has 6 nitrogen and oxygen atoms in total. The summed E-state index contributed by atoms with van der Waals surface area (Å²) in [6, 6.07) is 0. The summed E-state index contributed by atoms with van der Waals surface area (Å²) in [6.07, 6.45) is 3.27. The van der Waals surface area contributed by atoms with Crippen LogP contribution in [0.4, 0.5) is 0 Å². The summed E-state index contributed by atoms with van der Waals surface area (Å²) in [4.78, 5) is 24.7. The summed E-state index contributed by atoms with van der Waals surface area (Å²) in [5.74, 6) is 0.110. The number of piperidine rings is 1. The lowest BCUT2D eigenvalue weighted by Crippen LogP contribution is -2.60. The van der Waals surface area contributed by atoms with Gasteiger partial charge < -0.3 is 9.47 Å². The molecule has 0 amide bonds. The number of rotatable bonds is 4. The highest BCUT2D eigenvalue weighted by Gasteiger charge is 2.52. The van der Waals surface area contributed by atoms with Crippen LogP contribution in [0.3, 0.4) is 0 Å². The third-order valence-electron chi connectivity index (χ3n) is 6.52. The van der Waals surface area contributed by atoms with Gasteiger partial charge in [-0.1, -0.05) is 22.6 Å². The zero-order chi connectivity index (χ0) is 20.1. The Bertz CT molecular complexity index is 587. The second-order valence-corrected chi connectivity index (χ2v) is 11.7. The first-order valence-electron chi connectivity index (χ1n) is 9.93. The predicted octanol–water partition coefficient (Wildman–Crippen LogP) is 3.68. The molecule has 1 radical (unpaired) electrons. The van der Waals surface area contributed by atoms with Gasteiger partial charge in [-0.25, -0.2) is 0 Å². The lowest BCUT2D eigenvalue weighted by Gasteiger charge is -2.49. The molecule has 153 valence electrons. The van der Waals surface area contributed by atoms with Crippen LogP contribution in [0.25, 0.3) is 0 Å². The first-order chi connectivity index (χ1) is 12.4. The van der Waals surface area contributed by atoms with Gasteiger partial charge in [-0.15, -0.1) is 10.3 Å². The normalized spacial score (nSPS) is 36.4. The first-order valence-corrected chi connectivity index (χ1v) is 11.2. The molecule has 2 bridgehead atoms. The lowest BCUT2D eigenvalue weighted by atomic mass is 9.80. The third kappa shape index (κ3) is 4.29. The number of esters is 2. The van der Waals surface area contributed by atoms with Crippen molar-refractivity contribution in [2.45, 2.75) is 93.9 Å². The van der Waals surface area contributed by atoms with Crippen LogP contribution in [-0.2, 0) is 24.3 Å². The van der Waals surface area contributed by atoms with Crippen LogP contribution in [0.5, 0.6) is 0 Å². The van der Waals surface area contributed by atoms with E-state index >= 15 is 0 Å². The molecule has 3 rings (SSSR count). The van der Waals surface area contributed by atoms with Crippen LogP contribution < -0.4 is 0 Å². The number of alkyl halides is 1. The second-order valence-electron chi connectivity index (χ2n) is 9.81. The van der Waals surface area contributed by atoms with Gasteiger partial charge >= 0.3 is 11.9 Å². The molecule has 7 heteroatoms. The van der Waals surface area contributed by atoms with Gasteiger partial charge in [0.05, 0.1) is 5.92 Å². The van der Waals surface area contributed by atoms with E-state index < -0.39 is 11.1 Å². The van der Waals surface area contributed by atoms with E-state index in [0.29, 0.717) is 12.8 Å². The van der Waals surface area contributed by atoms with Crippen LogP contribution in [-0.4, -0.2) is 44.2 Å². The van der Waals surface area contributed by atoms with Gasteiger partial charge in [0, 0.05) is 23.9 Å². The Kier molecular flexibility index (Phi) is 5.87. The number of hydrogen-bond acceptors (Lipinski definition) is 5. The van der Waals surface area contributed by atoms with E-state index in [-0.39, 0.29) is 45.8 Å². The molecule has 27 heavy (non-hydrogen) atoms. The third-order valence-corrected chi connectivity index (χ3v) is 7.03. The summed E-state index contributed by atoms with van der Waals surface area (Å²) in [5, 5.41) is 13.6. The molecule has 0 spiro atoms. The molecule has 0 aromatic heterocycles. The average Bonchev–Trinajstić information content (AvgIpc) is 3.11. The summed E-state index contributed by atoms with van der Waals surface area (Å²) < 4.78 is 11.3. The van der Waals surface area contributed by atoms with Gasteiger partial charge in [0.2, 0.25) is 0 Å². The van der Waals surface area contributed by atoms with Gasteiger partial charge in [-0.2, -0.15) is 0 Å². The van der Waals surface area contributed by atoms with E-state index in [1.54, 1.807) is 0 Å². The molecule has 5 unspecified atom stereocenters. The Morgan fingerprint density at radius 3 is 2.07 bits per heavy atom. The molecule has 5 atom stereocenters. The molecular formula is C20H31INO5. The van der Waals surface area contributed by atoms with Crippen molar-refractivity contribution >= 4 is 34.5 Å². The van der Waals surface area contributed by atoms with Crippen LogP contribution in [0.2, 0.25) is 0 Å². The van der Waals surface area contributed by atoms with Crippen molar-refractivity contribution in [3.63, 3.8) is 0 Å². The Labute approximate surface area is 175 Å². The number of nitrogens with zero attached hydrogens (tertiary/aromatic N) is 1. The summed E-state index contributed by atoms with van der Waals surface area (Å²) in [7, 11) is 0. The van der Waals surface area contributed by atoms with Crippen molar-refractivity contribution < 1.29 is 24.3 Å². The topological polar surface area (TPSA) is 75.7 Å². The molecule has 1 aliphatic heterocycles. The van der Waals surface area contributed by atoms with Gasteiger partial charge in [0.15, 0.2) is 0 Å². The van der Waals surface area contributed by atoms with Crippen molar-refractivity contribution in [1.82, 2.24) is 5.06 Å². The predicted molar refractivity (Wildman–Crippen MR) is 107 cm³/mol. The minimum absolute atomic E-state index is 0.0506. The number of carbonyl (C=O) groups excluding carboxylic acids is 2. The second kappa shape index (κ2) is 7.44. The van der Waals surface area contributed by atoms with Gasteiger partial charge in [-0.3, -0.25) is 9.59 Å². The Morgan fingerprint density at radius 1 is 1.00 bits per heavy atom. The quantitative estimate of drug-likeness (QED) is 0.340. The van der Waals surface area contributed by atoms with E-state index in [0.717, 1.165) is 24.3 Å². The smallest absolute Gasteiger partial charge is 0.318 e. The fraction of sp³-hybridized carbons (Fsp3) is 0.900. The molecule has 3 fully saturated rings. The number of ether oxygens (including phenoxy) is 2. The average molecular weight is 492 g/mol. The highest BCUT2D eigenvalue weighted by molar-refractivity contribution is 14.1. The van der Waals surface area contributed by atoms with E-state index in [1.807, 2.05) is 34.6 Å². The molecule has 0 aromatic carbocycles. The minimum Gasteiger partial charge on any atom is -0.462 e. The molecular weight excluding hydrogens is 461 g/mol. The zero-order valence-corrected chi connectivity index (χ0v) is 19.0. The fourth-order valence-corrected chi connectivity index (χ4v) is 5.55. The summed E-state index contributed by atoms with van der Waals surface area (Å²) >= 11 is 2.06. The van der Waals surface area contributed by atoms with Crippen LogP contribution >= 0.6 is 22.6 Å². The van der Waals surface area contributed by atoms with E-state index in [9.17, 15) is 14.8 Å². The van der Waals surface area contributed by atoms with Crippen molar-refractivity contribution in [3.8, 4) is 0 Å². The molecule has 3 aliphatic rings. The molecule has 0 aromatic rings. The monoisotopic (exact) mass is 492 g/mol. The van der Waals surface area contributed by atoms with E-state index in [2.05, 4.69) is 22.6 Å². The highest BCUT2D eigenvalue weighted by Crippen LogP contribution is 2.50. The maximum Gasteiger partial charge on any atom is 0.318 e. The van der Waals surface area contributed by atoms with Crippen molar-refractivity contribution in [3.05, 3.63) is 0 Å². The molecule has 0 N–H and O–H groups in total. The largest absolute Gasteiger partial charge is 0.462 e. The lowest BCUT2D eigenvalue weighted by molar-refractivity contribution is -0.299. The number of halogens is 1. The Morgan fingerprint density at radius 2 is 1.59 bits per heavy atom. The van der Waals surface area contributed by atoms with Crippen LogP contribution in [0.1, 0.15) is 66.7 Å². The number of fused-ring (bicyclic) bond motifs is 2. The fourth-order valence-electron chi connectivity index (χ4n) is 5.41. The zero-order valence-electron chi connectivity index (χ0n) is 16.9. The molecule has 2 aliphatic carbocycles. The minimum atomic E-state index is -0.545. The van der Waals surface area contributed by atoms with E-state index in [4.69, 9.17) is 9.47 Å².